The molecular weight excluding hydrogens is 394 g/mol. The van der Waals surface area contributed by atoms with E-state index >= 15 is 0 Å². The third kappa shape index (κ3) is 4.80. The summed E-state index contributed by atoms with van der Waals surface area (Å²) >= 11 is 0. The quantitative estimate of drug-likeness (QED) is 0.603. The van der Waals surface area contributed by atoms with Gasteiger partial charge in [0.1, 0.15) is 10.6 Å². The molecular formula is C17H27NO7S2. The number of sulfone groups is 2. The Morgan fingerprint density at radius 1 is 1.11 bits per heavy atom. The lowest BCUT2D eigenvalue weighted by atomic mass is 10.1. The van der Waals surface area contributed by atoms with Gasteiger partial charge in [-0.3, -0.25) is 0 Å². The first-order valence-corrected chi connectivity index (χ1v) is 11.8. The monoisotopic (exact) mass is 421 g/mol. The highest BCUT2D eigenvalue weighted by atomic mass is 32.2. The lowest BCUT2D eigenvalue weighted by molar-refractivity contribution is -0.0995. The summed E-state index contributed by atoms with van der Waals surface area (Å²) in [5.41, 5.74) is 1.68. The Kier molecular flexibility index (Phi) is 6.91. The van der Waals surface area contributed by atoms with Gasteiger partial charge in [-0.1, -0.05) is 0 Å². The van der Waals surface area contributed by atoms with Gasteiger partial charge in [-0.25, -0.2) is 16.8 Å². The van der Waals surface area contributed by atoms with E-state index in [-0.39, 0.29) is 22.9 Å². The van der Waals surface area contributed by atoms with Crippen molar-refractivity contribution in [1.29, 1.82) is 0 Å². The van der Waals surface area contributed by atoms with Gasteiger partial charge < -0.3 is 19.5 Å². The number of ether oxygens (including phenoxy) is 3. The van der Waals surface area contributed by atoms with Crippen molar-refractivity contribution >= 4 is 19.7 Å². The van der Waals surface area contributed by atoms with Crippen molar-refractivity contribution in [3.05, 3.63) is 23.3 Å². The van der Waals surface area contributed by atoms with Gasteiger partial charge >= 0.3 is 0 Å². The van der Waals surface area contributed by atoms with Crippen LogP contribution in [0.5, 0.6) is 5.75 Å². The van der Waals surface area contributed by atoms with E-state index in [1.807, 2.05) is 6.92 Å². The van der Waals surface area contributed by atoms with Gasteiger partial charge in [0.05, 0.1) is 23.9 Å². The minimum absolute atomic E-state index is 0.0111. The number of methoxy groups -OCH3 is 3. The zero-order valence-corrected chi connectivity index (χ0v) is 17.8. The summed E-state index contributed by atoms with van der Waals surface area (Å²) in [6.07, 6.45) is -0.604. The van der Waals surface area contributed by atoms with Crippen LogP contribution in [0.25, 0.3) is 0 Å². The maximum absolute atomic E-state index is 13.3. The number of rotatable bonds is 8. The average molecular weight is 422 g/mol. The molecule has 0 amide bonds. The van der Waals surface area contributed by atoms with Crippen molar-refractivity contribution in [3.63, 3.8) is 0 Å². The molecule has 1 heterocycles. The fourth-order valence-corrected chi connectivity index (χ4v) is 8.07. The zero-order valence-electron chi connectivity index (χ0n) is 16.2. The second-order valence-electron chi connectivity index (χ2n) is 6.66. The summed E-state index contributed by atoms with van der Waals surface area (Å²) < 4.78 is 66.4. The third-order valence-corrected chi connectivity index (χ3v) is 9.03. The van der Waals surface area contributed by atoms with Crippen LogP contribution in [-0.4, -0.2) is 73.8 Å². The molecule has 1 N–H and O–H groups in total. The number of benzene rings is 1. The molecule has 0 radical (unpaired) electrons. The van der Waals surface area contributed by atoms with Crippen LogP contribution in [0.15, 0.2) is 17.0 Å². The van der Waals surface area contributed by atoms with Crippen LogP contribution >= 0.6 is 0 Å². The summed E-state index contributed by atoms with van der Waals surface area (Å²) in [6, 6.07) is 2.43. The summed E-state index contributed by atoms with van der Waals surface area (Å²) in [7, 11) is -3.15. The summed E-state index contributed by atoms with van der Waals surface area (Å²) in [5.74, 6) is -0.481. The molecule has 0 unspecified atom stereocenters. The van der Waals surface area contributed by atoms with E-state index in [0.717, 1.165) is 11.1 Å². The molecule has 8 nitrogen and oxygen atoms in total. The predicted molar refractivity (Wildman–Crippen MR) is 102 cm³/mol. The Balaban J connectivity index is 2.41. The minimum Gasteiger partial charge on any atom is -0.495 e. The summed E-state index contributed by atoms with van der Waals surface area (Å²) in [6.45, 7) is 3.83. The van der Waals surface area contributed by atoms with Gasteiger partial charge in [-0.15, -0.1) is 0 Å². The number of aryl methyl sites for hydroxylation is 2. The Labute approximate surface area is 161 Å². The molecule has 1 saturated heterocycles. The molecule has 0 aromatic heterocycles. The van der Waals surface area contributed by atoms with Crippen molar-refractivity contribution in [2.45, 2.75) is 36.3 Å². The maximum Gasteiger partial charge on any atom is 0.187 e. The van der Waals surface area contributed by atoms with Crippen LogP contribution in [0, 0.1) is 13.8 Å². The van der Waals surface area contributed by atoms with Gasteiger partial charge in [0.2, 0.25) is 0 Å². The number of nitrogens with one attached hydrogen (secondary N) is 1. The molecule has 0 spiro atoms. The number of hydrogen-bond acceptors (Lipinski definition) is 8. The van der Waals surface area contributed by atoms with Crippen molar-refractivity contribution < 1.29 is 31.0 Å². The molecule has 1 aliphatic heterocycles. The maximum atomic E-state index is 13.3. The van der Waals surface area contributed by atoms with Crippen LogP contribution in [0.1, 0.15) is 11.1 Å². The molecule has 1 fully saturated rings. The van der Waals surface area contributed by atoms with Gasteiger partial charge in [0.15, 0.2) is 26.0 Å². The van der Waals surface area contributed by atoms with Crippen molar-refractivity contribution in [2.75, 3.05) is 39.4 Å². The molecule has 1 aromatic rings. The Bertz CT molecular complexity index is 877. The topological polar surface area (TPSA) is 108 Å². The van der Waals surface area contributed by atoms with E-state index in [1.165, 1.54) is 21.3 Å². The van der Waals surface area contributed by atoms with E-state index in [2.05, 4.69) is 5.32 Å². The van der Waals surface area contributed by atoms with Crippen molar-refractivity contribution in [3.8, 4) is 5.75 Å². The highest BCUT2D eigenvalue weighted by Crippen LogP contribution is 2.33. The number of hydrogen-bond donors (Lipinski definition) is 1. The average Bonchev–Trinajstić information content (AvgIpc) is 2.93. The minimum atomic E-state index is -3.95. The fraction of sp³-hybridized carbons (Fsp3) is 0.647. The van der Waals surface area contributed by atoms with Crippen molar-refractivity contribution in [2.24, 2.45) is 0 Å². The normalized spacial score (nSPS) is 22.3. The fourth-order valence-electron chi connectivity index (χ4n) is 3.13. The molecule has 154 valence electrons. The van der Waals surface area contributed by atoms with Crippen LogP contribution in [0.2, 0.25) is 0 Å². The third-order valence-electron chi connectivity index (χ3n) is 4.86. The highest BCUT2D eigenvalue weighted by Gasteiger charge is 2.46. The first kappa shape index (κ1) is 22.1. The second kappa shape index (κ2) is 8.44. The van der Waals surface area contributed by atoms with E-state index in [0.29, 0.717) is 0 Å². The SMILES string of the molecule is COc1cc(C)c(C)cc1S(=O)(=O)[C@H]1CS(=O)(=O)C[C@@H]1NCC(OC)OC. The Morgan fingerprint density at radius 3 is 2.26 bits per heavy atom. The van der Waals surface area contributed by atoms with E-state index in [4.69, 9.17) is 14.2 Å². The van der Waals surface area contributed by atoms with E-state index in [9.17, 15) is 16.8 Å². The van der Waals surface area contributed by atoms with Gasteiger partial charge in [-0.05, 0) is 37.1 Å². The first-order chi connectivity index (χ1) is 12.6. The molecule has 0 bridgehead atoms. The van der Waals surface area contributed by atoms with Gasteiger partial charge in [0.25, 0.3) is 0 Å². The molecule has 1 aromatic carbocycles. The van der Waals surface area contributed by atoms with Crippen molar-refractivity contribution in [1.82, 2.24) is 5.32 Å². The zero-order chi connectivity index (χ0) is 20.4. The van der Waals surface area contributed by atoms with E-state index < -0.39 is 43.0 Å². The standard InChI is InChI=1S/C17H27NO7S2/c1-11-6-14(23-3)15(7-12(11)2)27(21,22)16-10-26(19,20)9-13(16)18-8-17(24-4)25-5/h6-7,13,16-18H,8-10H2,1-5H3/t13-,16-/m0/s1. The second-order valence-corrected chi connectivity index (χ2v) is 11.0. The predicted octanol–water partition coefficient (Wildman–Crippen LogP) is 0.460. The first-order valence-electron chi connectivity index (χ1n) is 8.44. The van der Waals surface area contributed by atoms with Crippen LogP contribution in [0.4, 0.5) is 0 Å². The van der Waals surface area contributed by atoms with Gasteiger partial charge in [0, 0.05) is 26.8 Å². The van der Waals surface area contributed by atoms with Gasteiger partial charge in [-0.2, -0.15) is 0 Å². The molecule has 10 heteroatoms. The molecule has 2 atom stereocenters. The largest absolute Gasteiger partial charge is 0.495 e. The van der Waals surface area contributed by atoms with Crippen LogP contribution in [-0.2, 0) is 29.1 Å². The smallest absolute Gasteiger partial charge is 0.187 e. The highest BCUT2D eigenvalue weighted by molar-refractivity contribution is 7.96. The molecule has 27 heavy (non-hydrogen) atoms. The van der Waals surface area contributed by atoms with Crippen LogP contribution < -0.4 is 10.1 Å². The molecule has 0 aliphatic carbocycles. The summed E-state index contributed by atoms with van der Waals surface area (Å²) in [5, 5.41) is 1.86. The van der Waals surface area contributed by atoms with E-state index in [1.54, 1.807) is 19.1 Å². The lowest BCUT2D eigenvalue weighted by Gasteiger charge is -2.23. The molecule has 0 saturated carbocycles. The lowest BCUT2D eigenvalue weighted by Crippen LogP contribution is -2.46. The Morgan fingerprint density at radius 2 is 1.70 bits per heavy atom. The molecule has 1 aliphatic rings. The Hall–Kier alpha value is -1.20. The van der Waals surface area contributed by atoms with Crippen LogP contribution in [0.3, 0.4) is 0 Å². The summed E-state index contributed by atoms with van der Waals surface area (Å²) in [4.78, 5) is 0.0111. The molecule has 2 rings (SSSR count).